The van der Waals surface area contributed by atoms with E-state index in [9.17, 15) is 29.4 Å². The van der Waals surface area contributed by atoms with E-state index in [-0.39, 0.29) is 30.2 Å². The fourth-order valence-corrected chi connectivity index (χ4v) is 4.62. The van der Waals surface area contributed by atoms with Gasteiger partial charge in [0.05, 0.1) is 0 Å². The summed E-state index contributed by atoms with van der Waals surface area (Å²) in [6.07, 6.45) is -1.63. The highest BCUT2D eigenvalue weighted by molar-refractivity contribution is 5.98. The minimum absolute atomic E-state index is 0.0383. The lowest BCUT2D eigenvalue weighted by molar-refractivity contribution is -0.328. The van der Waals surface area contributed by atoms with Gasteiger partial charge < -0.3 is 54.6 Å². The molecule has 2 aromatic carbocycles. The number of benzene rings is 2. The smallest absolute Gasteiger partial charge is 0.412 e. The molecule has 2 aromatic rings. The van der Waals surface area contributed by atoms with Gasteiger partial charge in [0.25, 0.3) is 0 Å². The quantitative estimate of drug-likeness (QED) is 0.127. The van der Waals surface area contributed by atoms with Gasteiger partial charge in [-0.25, -0.2) is 19.2 Å². The van der Waals surface area contributed by atoms with Gasteiger partial charge in [-0.1, -0.05) is 24.8 Å². The van der Waals surface area contributed by atoms with Crippen LogP contribution < -0.4 is 20.7 Å². The SMILES string of the molecule is C=CC(=O)OC1(OC2C=C(OC3(O)CNC(=O)O3)c3cc(OC4(O)CNC(=O)O4)cc4cccc2c34)CNC(=O)O1. The summed E-state index contributed by atoms with van der Waals surface area (Å²) in [5, 5.41) is 29.2. The van der Waals surface area contributed by atoms with Crippen LogP contribution in [0.5, 0.6) is 5.75 Å². The maximum atomic E-state index is 12.1. The maximum Gasteiger partial charge on any atom is 0.412 e. The van der Waals surface area contributed by atoms with E-state index in [2.05, 4.69) is 22.5 Å². The van der Waals surface area contributed by atoms with E-state index in [0.29, 0.717) is 16.3 Å². The highest BCUT2D eigenvalue weighted by atomic mass is 16.9. The number of hydrogen-bond donors (Lipinski definition) is 5. The van der Waals surface area contributed by atoms with Crippen LogP contribution in [0.1, 0.15) is 17.2 Å². The lowest BCUT2D eigenvalue weighted by atomic mass is 9.89. The summed E-state index contributed by atoms with van der Waals surface area (Å²) in [6, 6.07) is 8.00. The van der Waals surface area contributed by atoms with Gasteiger partial charge >= 0.3 is 42.2 Å². The highest BCUT2D eigenvalue weighted by Gasteiger charge is 2.49. The summed E-state index contributed by atoms with van der Waals surface area (Å²) < 4.78 is 37.5. The second-order valence-corrected chi connectivity index (χ2v) is 9.15. The molecule has 3 amide bonds. The number of cyclic esters (lactones) is 3. The summed E-state index contributed by atoms with van der Waals surface area (Å²) >= 11 is 0. The molecule has 16 nitrogen and oxygen atoms in total. The Hall–Kier alpha value is -5.06. The summed E-state index contributed by atoms with van der Waals surface area (Å²) in [5.74, 6) is -7.92. The Labute approximate surface area is 229 Å². The molecular formula is C25H21N3O13. The number of nitrogens with one attached hydrogen (secondary N) is 3. The molecule has 4 atom stereocenters. The Bertz CT molecular complexity index is 1540. The van der Waals surface area contributed by atoms with Crippen molar-refractivity contribution in [1.82, 2.24) is 16.0 Å². The molecule has 5 N–H and O–H groups in total. The van der Waals surface area contributed by atoms with E-state index in [4.69, 9.17) is 33.2 Å². The second-order valence-electron chi connectivity index (χ2n) is 9.15. The number of carbonyl (C=O) groups excluding carboxylic acids is 4. The normalized spacial score (nSPS) is 29.8. The van der Waals surface area contributed by atoms with Crippen LogP contribution >= 0.6 is 0 Å². The number of aliphatic hydroxyl groups is 2. The van der Waals surface area contributed by atoms with Gasteiger partial charge in [0.15, 0.2) is 0 Å². The molecule has 16 heteroatoms. The number of amides is 3. The van der Waals surface area contributed by atoms with Gasteiger partial charge in [-0.2, -0.15) is 0 Å². The molecule has 0 radical (unpaired) electrons. The third-order valence-corrected chi connectivity index (χ3v) is 6.25. The van der Waals surface area contributed by atoms with E-state index in [1.165, 1.54) is 18.2 Å². The third kappa shape index (κ3) is 4.90. The monoisotopic (exact) mass is 571 g/mol. The van der Waals surface area contributed by atoms with Crippen LogP contribution in [0.2, 0.25) is 0 Å². The van der Waals surface area contributed by atoms with E-state index >= 15 is 0 Å². The summed E-state index contributed by atoms with van der Waals surface area (Å²) in [6.45, 7) is 2.19. The van der Waals surface area contributed by atoms with Crippen molar-refractivity contribution in [3.05, 3.63) is 60.2 Å². The van der Waals surface area contributed by atoms with Crippen molar-refractivity contribution in [1.29, 1.82) is 0 Å². The molecule has 0 aromatic heterocycles. The number of ether oxygens (including phenoxy) is 7. The summed E-state index contributed by atoms with van der Waals surface area (Å²) in [5.41, 5.74) is 0.762. The van der Waals surface area contributed by atoms with Crippen molar-refractivity contribution in [2.45, 2.75) is 24.0 Å². The molecule has 3 saturated heterocycles. The molecule has 3 fully saturated rings. The van der Waals surface area contributed by atoms with Gasteiger partial charge in [-0.15, -0.1) is 0 Å². The van der Waals surface area contributed by atoms with Crippen molar-refractivity contribution in [2.24, 2.45) is 0 Å². The number of hydrogen-bond acceptors (Lipinski definition) is 13. The highest BCUT2D eigenvalue weighted by Crippen LogP contribution is 2.45. The largest absolute Gasteiger partial charge is 0.429 e. The van der Waals surface area contributed by atoms with Crippen molar-refractivity contribution in [3.8, 4) is 5.75 Å². The predicted octanol–water partition coefficient (Wildman–Crippen LogP) is 0.542. The molecule has 4 aliphatic rings. The Kier molecular flexibility index (Phi) is 5.91. The molecule has 41 heavy (non-hydrogen) atoms. The number of rotatable bonds is 8. The predicted molar refractivity (Wildman–Crippen MR) is 130 cm³/mol. The van der Waals surface area contributed by atoms with Crippen LogP contribution in [0, 0.1) is 0 Å². The van der Waals surface area contributed by atoms with Crippen molar-refractivity contribution in [2.75, 3.05) is 19.6 Å². The Morgan fingerprint density at radius 3 is 2.22 bits per heavy atom. The Morgan fingerprint density at radius 2 is 1.61 bits per heavy atom. The van der Waals surface area contributed by atoms with Gasteiger partial charge in [-0.05, 0) is 34.5 Å². The van der Waals surface area contributed by atoms with E-state index in [0.717, 1.165) is 6.08 Å². The molecular weight excluding hydrogens is 550 g/mol. The number of esters is 1. The lowest BCUT2D eigenvalue weighted by Gasteiger charge is -2.33. The van der Waals surface area contributed by atoms with Gasteiger partial charge in [0.2, 0.25) is 0 Å². The maximum absolute atomic E-state index is 12.1. The minimum atomic E-state index is -2.43. The summed E-state index contributed by atoms with van der Waals surface area (Å²) in [4.78, 5) is 47.2. The molecule has 214 valence electrons. The van der Waals surface area contributed by atoms with Gasteiger partial charge in [0, 0.05) is 11.6 Å². The molecule has 6 rings (SSSR count). The van der Waals surface area contributed by atoms with Crippen LogP contribution in [0.3, 0.4) is 0 Å². The first-order valence-electron chi connectivity index (χ1n) is 12.0. The molecule has 0 bridgehead atoms. The molecule has 3 heterocycles. The fraction of sp³-hybridized carbons (Fsp3) is 0.280. The average molecular weight is 571 g/mol. The molecule has 4 unspecified atom stereocenters. The zero-order chi connectivity index (χ0) is 29.0. The molecule has 1 aliphatic carbocycles. The number of β-amino-alcohol motifs (C(OH)–C–C–N with tert-alkyl or cyclic N) is 2. The molecule has 0 spiro atoms. The third-order valence-electron chi connectivity index (χ3n) is 6.25. The Balaban J connectivity index is 1.44. The van der Waals surface area contributed by atoms with Crippen LogP contribution in [0.25, 0.3) is 16.5 Å². The zero-order valence-electron chi connectivity index (χ0n) is 20.8. The minimum Gasteiger partial charge on any atom is -0.429 e. The Morgan fingerprint density at radius 1 is 0.951 bits per heavy atom. The number of alkyl carbamates (subject to hydrolysis) is 3. The van der Waals surface area contributed by atoms with Crippen LogP contribution in [0.15, 0.2) is 49.1 Å². The first-order chi connectivity index (χ1) is 19.5. The second kappa shape index (κ2) is 9.26. The van der Waals surface area contributed by atoms with Crippen LogP contribution in [-0.2, 0) is 33.2 Å². The topological polar surface area (TPSA) is 209 Å². The summed E-state index contributed by atoms with van der Waals surface area (Å²) in [7, 11) is 0. The van der Waals surface area contributed by atoms with E-state index in [1.807, 2.05) is 0 Å². The van der Waals surface area contributed by atoms with Crippen molar-refractivity contribution in [3.63, 3.8) is 0 Å². The first kappa shape index (κ1) is 26.2. The van der Waals surface area contributed by atoms with Gasteiger partial charge in [0.1, 0.15) is 37.2 Å². The van der Waals surface area contributed by atoms with Gasteiger partial charge in [-0.3, -0.25) is 4.74 Å². The number of carbonyl (C=O) groups is 4. The van der Waals surface area contributed by atoms with E-state index < -0.39 is 54.8 Å². The molecule has 3 aliphatic heterocycles. The van der Waals surface area contributed by atoms with Crippen molar-refractivity contribution < 1.29 is 62.5 Å². The first-order valence-corrected chi connectivity index (χ1v) is 12.0. The van der Waals surface area contributed by atoms with Crippen LogP contribution in [-0.4, -0.2) is 72.0 Å². The zero-order valence-corrected chi connectivity index (χ0v) is 20.8. The average Bonchev–Trinajstić information content (AvgIpc) is 3.56. The lowest BCUT2D eigenvalue weighted by Crippen LogP contribution is -2.42. The van der Waals surface area contributed by atoms with E-state index in [1.54, 1.807) is 18.2 Å². The van der Waals surface area contributed by atoms with Crippen LogP contribution in [0.4, 0.5) is 14.4 Å². The fourth-order valence-electron chi connectivity index (χ4n) is 4.62. The standard InChI is InChI=1S/C25H21N3O13/c1-2-18(29)38-25(11-28-22(32)41-25)37-16-8-17(36-24(34)10-27-21(31)40-24)15-7-13(35-23(33)9-26-20(30)39-23)6-12-4-3-5-14(16)19(12)15/h2-8,16,33-34H,1,9-11H2,(H,26,30)(H,27,31)(H,28,32). The molecule has 0 saturated carbocycles. The van der Waals surface area contributed by atoms with Crippen molar-refractivity contribution >= 4 is 40.8 Å².